The number of benzene rings is 2. The third-order valence-electron chi connectivity index (χ3n) is 5.15. The Morgan fingerprint density at radius 3 is 2.62 bits per heavy atom. The van der Waals surface area contributed by atoms with Crippen LogP contribution in [0.1, 0.15) is 24.5 Å². The van der Waals surface area contributed by atoms with Gasteiger partial charge in [-0.1, -0.05) is 18.2 Å². The Morgan fingerprint density at radius 1 is 1.21 bits per heavy atom. The number of non-ortho nitro benzene ring substituents is 1. The average molecular weight is 398 g/mol. The van der Waals surface area contributed by atoms with Gasteiger partial charge < -0.3 is 14.6 Å². The highest BCUT2D eigenvalue weighted by Gasteiger charge is 2.23. The summed E-state index contributed by atoms with van der Waals surface area (Å²) in [6.45, 7) is 1.13. The molecule has 150 valence electrons. The molecule has 8 nitrogen and oxygen atoms in total. The molecule has 1 N–H and O–H groups in total. The molecule has 1 fully saturated rings. The van der Waals surface area contributed by atoms with E-state index in [1.165, 1.54) is 41.0 Å². The smallest absolute Gasteiger partial charge is 0.294 e. The predicted octanol–water partition coefficient (Wildman–Crippen LogP) is 2.78. The van der Waals surface area contributed by atoms with Crippen molar-refractivity contribution in [2.24, 2.45) is 0 Å². The second kappa shape index (κ2) is 7.59. The van der Waals surface area contributed by atoms with Gasteiger partial charge >= 0.3 is 0 Å². The minimum atomic E-state index is -1.30. The summed E-state index contributed by atoms with van der Waals surface area (Å²) in [5, 5.41) is 21.8. The highest BCUT2D eigenvalue weighted by Crippen LogP contribution is 2.25. The minimum Gasteiger partial charge on any atom is -0.386 e. The Morgan fingerprint density at radius 2 is 1.93 bits per heavy atom. The number of aliphatic hydroxyl groups excluding tert-OH is 1. The van der Waals surface area contributed by atoms with Gasteiger partial charge in [0, 0.05) is 30.8 Å². The molecule has 3 aromatic rings. The van der Waals surface area contributed by atoms with E-state index in [0.717, 1.165) is 12.8 Å². The topological polar surface area (TPSA) is 102 Å². The van der Waals surface area contributed by atoms with Crippen molar-refractivity contribution >= 4 is 22.5 Å². The summed E-state index contributed by atoms with van der Waals surface area (Å²) in [5.41, 5.74) is 0.0231. The number of aliphatic hydroxyl groups is 1. The molecule has 1 saturated heterocycles. The Bertz CT molecular complexity index is 1140. The van der Waals surface area contributed by atoms with Crippen molar-refractivity contribution in [3.63, 3.8) is 0 Å². The van der Waals surface area contributed by atoms with Crippen LogP contribution in [-0.4, -0.2) is 32.7 Å². The first kappa shape index (κ1) is 19.0. The van der Waals surface area contributed by atoms with E-state index in [1.54, 1.807) is 6.07 Å². The zero-order chi connectivity index (χ0) is 20.5. The van der Waals surface area contributed by atoms with Gasteiger partial charge in [0.15, 0.2) is 5.82 Å². The fraction of sp³-hybridized carbons (Fsp3) is 0.300. The van der Waals surface area contributed by atoms with Gasteiger partial charge in [-0.2, -0.15) is 0 Å². The summed E-state index contributed by atoms with van der Waals surface area (Å²) in [5.74, 6) is -0.346. The number of nitro benzene ring substituents is 1. The van der Waals surface area contributed by atoms with Crippen LogP contribution < -0.4 is 10.5 Å². The number of nitro groups is 1. The standard InChI is InChI=1S/C20H19FN4O4/c21-15-6-2-1-5-14(15)18(26)12-24-17-11-13(25(28)29)7-8-16(17)22-19(20(24)27)23-9-3-4-10-23/h1-2,5-8,11,18,26H,3-4,9-10,12H2/t18-/m0/s1. The molecule has 1 aromatic heterocycles. The quantitative estimate of drug-likeness (QED) is 0.524. The minimum absolute atomic E-state index is 0.0533. The zero-order valence-electron chi connectivity index (χ0n) is 15.5. The van der Waals surface area contributed by atoms with Crippen molar-refractivity contribution in [1.29, 1.82) is 0 Å². The Hall–Kier alpha value is -3.33. The first-order valence-electron chi connectivity index (χ1n) is 9.32. The van der Waals surface area contributed by atoms with E-state index in [0.29, 0.717) is 18.6 Å². The molecule has 1 atom stereocenters. The molecule has 0 amide bonds. The zero-order valence-corrected chi connectivity index (χ0v) is 15.5. The van der Waals surface area contributed by atoms with Gasteiger partial charge in [-0.25, -0.2) is 9.37 Å². The van der Waals surface area contributed by atoms with E-state index in [1.807, 2.05) is 4.90 Å². The van der Waals surface area contributed by atoms with E-state index in [2.05, 4.69) is 4.98 Å². The molecule has 0 radical (unpaired) electrons. The van der Waals surface area contributed by atoms with Crippen molar-refractivity contribution in [1.82, 2.24) is 9.55 Å². The number of halogens is 1. The molecule has 2 aromatic carbocycles. The first-order chi connectivity index (χ1) is 14.0. The Kier molecular flexibility index (Phi) is 4.98. The van der Waals surface area contributed by atoms with Crippen LogP contribution in [0, 0.1) is 15.9 Å². The Balaban J connectivity index is 1.87. The molecule has 4 rings (SSSR count). The van der Waals surface area contributed by atoms with Gasteiger partial charge in [-0.05, 0) is 25.0 Å². The normalized spacial score (nSPS) is 15.0. The van der Waals surface area contributed by atoms with E-state index in [-0.39, 0.29) is 29.1 Å². The summed E-state index contributed by atoms with van der Waals surface area (Å²) >= 11 is 0. The second-order valence-corrected chi connectivity index (χ2v) is 7.01. The largest absolute Gasteiger partial charge is 0.386 e. The molecule has 0 saturated carbocycles. The number of hydrogen-bond donors (Lipinski definition) is 1. The summed E-state index contributed by atoms with van der Waals surface area (Å²) in [4.78, 5) is 30.1. The SMILES string of the molecule is O=c1c(N2CCCC2)nc2ccc([N+](=O)[O-])cc2n1C[C@H](O)c1ccccc1F. The lowest BCUT2D eigenvalue weighted by atomic mass is 10.1. The van der Waals surface area contributed by atoms with Crippen LogP contribution in [0.2, 0.25) is 0 Å². The summed E-state index contributed by atoms with van der Waals surface area (Å²) in [6.07, 6.45) is 0.583. The average Bonchev–Trinajstić information content (AvgIpc) is 3.24. The number of fused-ring (bicyclic) bond motifs is 1. The molecular formula is C20H19FN4O4. The fourth-order valence-corrected chi connectivity index (χ4v) is 3.66. The van der Waals surface area contributed by atoms with Crippen LogP contribution in [0.3, 0.4) is 0 Å². The van der Waals surface area contributed by atoms with E-state index < -0.39 is 22.4 Å². The van der Waals surface area contributed by atoms with E-state index in [9.17, 15) is 24.4 Å². The third kappa shape index (κ3) is 3.56. The van der Waals surface area contributed by atoms with Crippen molar-refractivity contribution < 1.29 is 14.4 Å². The molecule has 2 heterocycles. The molecule has 0 aliphatic carbocycles. The van der Waals surface area contributed by atoms with Crippen LogP contribution in [0.25, 0.3) is 11.0 Å². The highest BCUT2D eigenvalue weighted by atomic mass is 19.1. The van der Waals surface area contributed by atoms with Crippen molar-refractivity contribution in [2.45, 2.75) is 25.5 Å². The third-order valence-corrected chi connectivity index (χ3v) is 5.15. The molecule has 9 heteroatoms. The van der Waals surface area contributed by atoms with Crippen LogP contribution in [0.15, 0.2) is 47.3 Å². The number of rotatable bonds is 5. The maximum Gasteiger partial charge on any atom is 0.294 e. The molecule has 1 aliphatic heterocycles. The second-order valence-electron chi connectivity index (χ2n) is 7.01. The first-order valence-corrected chi connectivity index (χ1v) is 9.32. The monoisotopic (exact) mass is 398 g/mol. The summed E-state index contributed by atoms with van der Waals surface area (Å²) in [6, 6.07) is 9.84. The van der Waals surface area contributed by atoms with E-state index in [4.69, 9.17) is 0 Å². The lowest BCUT2D eigenvalue weighted by Crippen LogP contribution is -2.33. The summed E-state index contributed by atoms with van der Waals surface area (Å²) in [7, 11) is 0. The van der Waals surface area contributed by atoms with Crippen LogP contribution >= 0.6 is 0 Å². The molecule has 29 heavy (non-hydrogen) atoms. The van der Waals surface area contributed by atoms with Gasteiger partial charge in [-0.3, -0.25) is 14.9 Å². The molecular weight excluding hydrogens is 379 g/mol. The van der Waals surface area contributed by atoms with Crippen molar-refractivity contribution in [2.75, 3.05) is 18.0 Å². The predicted molar refractivity (Wildman–Crippen MR) is 105 cm³/mol. The Labute approximate surface area is 165 Å². The van der Waals surface area contributed by atoms with Crippen LogP contribution in [0.5, 0.6) is 0 Å². The number of nitrogens with zero attached hydrogens (tertiary/aromatic N) is 4. The van der Waals surface area contributed by atoms with Gasteiger partial charge in [0.05, 0.1) is 28.6 Å². The summed E-state index contributed by atoms with van der Waals surface area (Å²) < 4.78 is 15.3. The number of anilines is 1. The number of hydrogen-bond acceptors (Lipinski definition) is 6. The maximum atomic E-state index is 14.1. The molecule has 1 aliphatic rings. The van der Waals surface area contributed by atoms with Crippen LogP contribution in [-0.2, 0) is 6.54 Å². The maximum absolute atomic E-state index is 14.1. The molecule has 0 unspecified atom stereocenters. The van der Waals surface area contributed by atoms with Crippen molar-refractivity contribution in [3.05, 3.63) is 74.3 Å². The van der Waals surface area contributed by atoms with Gasteiger partial charge in [0.25, 0.3) is 11.2 Å². The molecule has 0 spiro atoms. The van der Waals surface area contributed by atoms with Crippen LogP contribution in [0.4, 0.5) is 15.9 Å². The lowest BCUT2D eigenvalue weighted by Gasteiger charge is -2.20. The highest BCUT2D eigenvalue weighted by molar-refractivity contribution is 5.79. The van der Waals surface area contributed by atoms with Crippen molar-refractivity contribution in [3.8, 4) is 0 Å². The van der Waals surface area contributed by atoms with E-state index >= 15 is 0 Å². The van der Waals surface area contributed by atoms with Gasteiger partial charge in [-0.15, -0.1) is 0 Å². The lowest BCUT2D eigenvalue weighted by molar-refractivity contribution is -0.384. The van der Waals surface area contributed by atoms with Gasteiger partial charge in [0.1, 0.15) is 5.82 Å². The fourth-order valence-electron chi connectivity index (χ4n) is 3.66. The molecule has 0 bridgehead atoms. The van der Waals surface area contributed by atoms with Gasteiger partial charge in [0.2, 0.25) is 0 Å². The number of aromatic nitrogens is 2.